The zero-order chi connectivity index (χ0) is 21.1. The molecule has 0 aromatic heterocycles. The van der Waals surface area contributed by atoms with Crippen LogP contribution in [-0.2, 0) is 4.79 Å². The Morgan fingerprint density at radius 2 is 1.46 bits per heavy atom. The van der Waals surface area contributed by atoms with Crippen molar-refractivity contribution in [3.8, 4) is 11.8 Å². The van der Waals surface area contributed by atoms with Gasteiger partial charge in [0.15, 0.2) is 0 Å². The van der Waals surface area contributed by atoms with Crippen LogP contribution in [0.5, 0.6) is 0 Å². The molecule has 2 unspecified atom stereocenters. The molecule has 0 radical (unpaired) electrons. The zero-order valence-corrected chi connectivity index (χ0v) is 15.5. The van der Waals surface area contributed by atoms with Crippen LogP contribution >= 0.6 is 0 Å². The third-order valence-electron chi connectivity index (χ3n) is 3.57. The summed E-state index contributed by atoms with van der Waals surface area (Å²) in [5, 5.41) is 20.6. The van der Waals surface area contributed by atoms with E-state index < -0.39 is 24.0 Å². The van der Waals surface area contributed by atoms with Gasteiger partial charge in [0.2, 0.25) is 0 Å². The molecule has 0 fully saturated rings. The standard InChI is InChI=1S/C19H19N3O4.C2H4/c1-12(23)17(19(25)22-26)21-18(24)15-8-4-13(5-9-15)2-3-14-6-10-16(20)11-7-14;1-2/h4-12,17,23,26H,20H2,1H3,(H,21,24)(H,22,25);1-2H2. The van der Waals surface area contributed by atoms with E-state index >= 15 is 0 Å². The Balaban J connectivity index is 0.00000190. The summed E-state index contributed by atoms with van der Waals surface area (Å²) in [7, 11) is 0. The first-order valence-electron chi connectivity index (χ1n) is 8.31. The molecule has 146 valence electrons. The number of hydrogen-bond acceptors (Lipinski definition) is 5. The Bertz CT molecular complexity index is 850. The molecule has 2 amide bonds. The lowest BCUT2D eigenvalue weighted by Gasteiger charge is -2.19. The number of rotatable bonds is 4. The molecule has 7 heteroatoms. The highest BCUT2D eigenvalue weighted by Gasteiger charge is 2.25. The van der Waals surface area contributed by atoms with E-state index in [-0.39, 0.29) is 0 Å². The van der Waals surface area contributed by atoms with E-state index in [9.17, 15) is 14.7 Å². The maximum Gasteiger partial charge on any atom is 0.268 e. The van der Waals surface area contributed by atoms with Crippen molar-refractivity contribution in [1.29, 1.82) is 0 Å². The number of benzene rings is 2. The van der Waals surface area contributed by atoms with Crippen LogP contribution < -0.4 is 16.5 Å². The molecule has 0 saturated carbocycles. The van der Waals surface area contributed by atoms with Crippen molar-refractivity contribution >= 4 is 17.5 Å². The van der Waals surface area contributed by atoms with Gasteiger partial charge < -0.3 is 16.2 Å². The van der Waals surface area contributed by atoms with Crippen LogP contribution in [0.15, 0.2) is 61.7 Å². The van der Waals surface area contributed by atoms with Crippen LogP contribution in [0.4, 0.5) is 5.69 Å². The number of aliphatic hydroxyl groups excluding tert-OH is 1. The second kappa shape index (κ2) is 11.2. The predicted octanol–water partition coefficient (Wildman–Crippen LogP) is 1.46. The Morgan fingerprint density at radius 1 is 1.00 bits per heavy atom. The first kappa shape index (κ1) is 22.4. The van der Waals surface area contributed by atoms with Crippen molar-refractivity contribution in [2.45, 2.75) is 19.1 Å². The quantitative estimate of drug-likeness (QED) is 0.180. The molecule has 2 aromatic rings. The summed E-state index contributed by atoms with van der Waals surface area (Å²) in [4.78, 5) is 23.6. The lowest BCUT2D eigenvalue weighted by atomic mass is 10.1. The van der Waals surface area contributed by atoms with E-state index in [0.29, 0.717) is 16.8 Å². The average molecular weight is 381 g/mol. The first-order valence-corrected chi connectivity index (χ1v) is 8.31. The van der Waals surface area contributed by atoms with Gasteiger partial charge in [0.05, 0.1) is 6.10 Å². The van der Waals surface area contributed by atoms with Crippen molar-refractivity contribution in [2.24, 2.45) is 0 Å². The Labute approximate surface area is 163 Å². The minimum atomic E-state index is -1.27. The largest absolute Gasteiger partial charge is 0.399 e. The van der Waals surface area contributed by atoms with Gasteiger partial charge in [-0.1, -0.05) is 11.8 Å². The fraction of sp³-hybridized carbons (Fsp3) is 0.143. The number of hydrogen-bond donors (Lipinski definition) is 5. The highest BCUT2D eigenvalue weighted by Crippen LogP contribution is 2.07. The van der Waals surface area contributed by atoms with Crippen LogP contribution in [0.1, 0.15) is 28.4 Å². The lowest BCUT2D eigenvalue weighted by Crippen LogP contribution is -2.51. The molecule has 28 heavy (non-hydrogen) atoms. The number of anilines is 1. The molecule has 0 heterocycles. The highest BCUT2D eigenvalue weighted by atomic mass is 16.5. The minimum absolute atomic E-state index is 0.291. The van der Waals surface area contributed by atoms with Crippen LogP contribution in [0.3, 0.4) is 0 Å². The van der Waals surface area contributed by atoms with Gasteiger partial charge in [-0.25, -0.2) is 5.48 Å². The Hall–Kier alpha value is -3.60. The summed E-state index contributed by atoms with van der Waals surface area (Å²) >= 11 is 0. The molecule has 2 atom stereocenters. The monoisotopic (exact) mass is 381 g/mol. The van der Waals surface area contributed by atoms with Crippen molar-refractivity contribution in [3.63, 3.8) is 0 Å². The maximum atomic E-state index is 12.2. The molecule has 0 aliphatic carbocycles. The second-order valence-corrected chi connectivity index (χ2v) is 5.62. The minimum Gasteiger partial charge on any atom is -0.399 e. The van der Waals surface area contributed by atoms with Gasteiger partial charge in [-0.3, -0.25) is 14.8 Å². The molecule has 7 nitrogen and oxygen atoms in total. The highest BCUT2D eigenvalue weighted by molar-refractivity contribution is 5.97. The number of carbonyl (C=O) groups excluding carboxylic acids is 2. The molecule has 2 rings (SSSR count). The zero-order valence-electron chi connectivity index (χ0n) is 15.5. The van der Waals surface area contributed by atoms with Crippen LogP contribution in [0, 0.1) is 11.8 Å². The topological polar surface area (TPSA) is 125 Å². The van der Waals surface area contributed by atoms with Crippen LogP contribution in [0.25, 0.3) is 0 Å². The van der Waals surface area contributed by atoms with Gasteiger partial charge in [-0.05, 0) is 55.5 Å². The van der Waals surface area contributed by atoms with E-state index in [1.54, 1.807) is 36.4 Å². The van der Waals surface area contributed by atoms with E-state index in [1.165, 1.54) is 12.4 Å². The summed E-state index contributed by atoms with van der Waals surface area (Å²) in [6.45, 7) is 7.33. The first-order chi connectivity index (χ1) is 13.4. The van der Waals surface area contributed by atoms with Gasteiger partial charge in [0, 0.05) is 22.4 Å². The molecule has 6 N–H and O–H groups in total. The molecule has 0 saturated heterocycles. The number of aliphatic hydroxyl groups is 1. The normalized spacial score (nSPS) is 11.5. The lowest BCUT2D eigenvalue weighted by molar-refractivity contribution is -0.133. The second-order valence-electron chi connectivity index (χ2n) is 5.62. The number of carbonyl (C=O) groups is 2. The molecule has 0 spiro atoms. The molecule has 0 aliphatic heterocycles. The van der Waals surface area contributed by atoms with Crippen LogP contribution in [-0.4, -0.2) is 34.3 Å². The number of nitrogen functional groups attached to an aromatic ring is 1. The summed E-state index contributed by atoms with van der Waals surface area (Å²) in [5.41, 5.74) is 9.50. The maximum absolute atomic E-state index is 12.2. The van der Waals surface area contributed by atoms with Gasteiger partial charge in [-0.2, -0.15) is 0 Å². The molecular weight excluding hydrogens is 358 g/mol. The molecule has 2 aromatic carbocycles. The number of amides is 2. The van der Waals surface area contributed by atoms with Gasteiger partial charge >= 0.3 is 0 Å². The van der Waals surface area contributed by atoms with E-state index in [2.05, 4.69) is 30.3 Å². The fourth-order valence-electron chi connectivity index (χ4n) is 2.12. The van der Waals surface area contributed by atoms with Gasteiger partial charge in [0.25, 0.3) is 11.8 Å². The number of nitrogens with two attached hydrogens (primary N) is 1. The average Bonchev–Trinajstić information content (AvgIpc) is 2.72. The van der Waals surface area contributed by atoms with Crippen LogP contribution in [0.2, 0.25) is 0 Å². The van der Waals surface area contributed by atoms with Crippen molar-refractivity contribution in [3.05, 3.63) is 78.4 Å². The van der Waals surface area contributed by atoms with Crippen molar-refractivity contribution in [1.82, 2.24) is 10.8 Å². The van der Waals surface area contributed by atoms with E-state index in [1.807, 2.05) is 12.1 Å². The Morgan fingerprint density at radius 3 is 1.89 bits per heavy atom. The molecule has 0 bridgehead atoms. The fourth-order valence-corrected chi connectivity index (χ4v) is 2.12. The smallest absolute Gasteiger partial charge is 0.268 e. The summed E-state index contributed by atoms with van der Waals surface area (Å²) in [6, 6.07) is 12.3. The third kappa shape index (κ3) is 6.61. The SMILES string of the molecule is C=C.CC(O)C(NC(=O)c1ccc(C#Cc2ccc(N)cc2)cc1)C(=O)NO. The molecule has 0 aliphatic rings. The number of hydroxylamine groups is 1. The molecular formula is C21H23N3O4. The summed E-state index contributed by atoms with van der Waals surface area (Å²) < 4.78 is 0. The van der Waals surface area contributed by atoms with Crippen molar-refractivity contribution < 1.29 is 19.9 Å². The van der Waals surface area contributed by atoms with Gasteiger partial charge in [-0.15, -0.1) is 13.2 Å². The summed E-state index contributed by atoms with van der Waals surface area (Å²) in [5.74, 6) is 4.50. The van der Waals surface area contributed by atoms with Crippen molar-refractivity contribution in [2.75, 3.05) is 5.73 Å². The number of nitrogens with one attached hydrogen (secondary N) is 2. The van der Waals surface area contributed by atoms with Gasteiger partial charge in [0.1, 0.15) is 6.04 Å². The Kier molecular flexibility index (Phi) is 8.96. The predicted molar refractivity (Wildman–Crippen MR) is 107 cm³/mol. The van der Waals surface area contributed by atoms with E-state index in [4.69, 9.17) is 10.9 Å². The third-order valence-corrected chi connectivity index (χ3v) is 3.57. The summed E-state index contributed by atoms with van der Waals surface area (Å²) in [6.07, 6.45) is -1.17. The van der Waals surface area contributed by atoms with E-state index in [0.717, 1.165) is 5.56 Å².